The molecule has 6 rings (SSSR count). The lowest BCUT2D eigenvalue weighted by Gasteiger charge is -2.18. The first kappa shape index (κ1) is 25.9. The molecule has 4 aromatic heterocycles. The average Bonchev–Trinajstić information content (AvgIpc) is 3.68. The lowest BCUT2D eigenvalue weighted by atomic mass is 10.2. The molecule has 0 bridgehead atoms. The summed E-state index contributed by atoms with van der Waals surface area (Å²) in [6.45, 7) is 0.0322. The van der Waals surface area contributed by atoms with Gasteiger partial charge >= 0.3 is 0 Å². The average molecular weight is 544 g/mol. The number of hydrogen-bond donors (Lipinski definition) is 1. The van der Waals surface area contributed by atoms with Crippen LogP contribution in [0, 0.1) is 0 Å². The first-order chi connectivity index (χ1) is 17.9. The third-order valence-electron chi connectivity index (χ3n) is 7.34. The molecule has 4 aromatic rings. The van der Waals surface area contributed by atoms with E-state index in [1.54, 1.807) is 31.4 Å². The number of amides is 1. The molecule has 4 heterocycles. The molecule has 2 fully saturated rings. The van der Waals surface area contributed by atoms with Crippen LogP contribution >= 0.6 is 23.2 Å². The second-order valence-corrected chi connectivity index (χ2v) is 10.7. The molecule has 1 N–H and O–H groups in total. The van der Waals surface area contributed by atoms with Gasteiger partial charge in [-0.15, -0.1) is 0 Å². The largest absolute Gasteiger partial charge is 0.390 e. The maximum atomic E-state index is 12.4. The van der Waals surface area contributed by atoms with Crippen LogP contribution in [0.5, 0.6) is 0 Å². The molecule has 1 amide bonds. The molecule has 2 aliphatic carbocycles. The van der Waals surface area contributed by atoms with E-state index in [-0.39, 0.29) is 23.1 Å². The Morgan fingerprint density at radius 3 is 1.89 bits per heavy atom. The van der Waals surface area contributed by atoms with Crippen molar-refractivity contribution in [2.45, 2.75) is 70.1 Å². The summed E-state index contributed by atoms with van der Waals surface area (Å²) in [5, 5.41) is 11.7. The Morgan fingerprint density at radius 1 is 0.892 bits per heavy atom. The van der Waals surface area contributed by atoms with Crippen LogP contribution in [0.15, 0.2) is 24.5 Å². The summed E-state index contributed by atoms with van der Waals surface area (Å²) in [5.74, 6) is -0.00831. The van der Waals surface area contributed by atoms with Gasteiger partial charge < -0.3 is 19.1 Å². The standard InChI is InChI=1S/C14H17ClN4O.C12H14ClN3O/c1-18(2)13(20)11-7-9-8-16-14(15)17-12(9)19(11)10-5-3-4-6-10;13-12-14-6-8-5-10(7-17)16(11(8)15-12)9-3-1-2-4-9/h7-8,10H,3-6H2,1-2H3;5-6,9,17H,1-4,7H2. The van der Waals surface area contributed by atoms with Crippen molar-refractivity contribution in [1.82, 2.24) is 34.0 Å². The number of carbonyl (C=O) groups is 1. The number of aliphatic hydroxyl groups is 1. The van der Waals surface area contributed by atoms with Gasteiger partial charge in [0, 0.05) is 55.0 Å². The number of halogens is 2. The summed E-state index contributed by atoms with van der Waals surface area (Å²) in [7, 11) is 3.52. The van der Waals surface area contributed by atoms with Crippen molar-refractivity contribution in [2.24, 2.45) is 0 Å². The lowest BCUT2D eigenvalue weighted by molar-refractivity contribution is 0.0815. The van der Waals surface area contributed by atoms with Crippen LogP contribution in [-0.4, -0.2) is 59.1 Å². The summed E-state index contributed by atoms with van der Waals surface area (Å²) in [6.07, 6.45) is 12.7. The molecule has 37 heavy (non-hydrogen) atoms. The zero-order valence-corrected chi connectivity index (χ0v) is 22.6. The molecule has 0 radical (unpaired) electrons. The molecule has 196 valence electrons. The van der Waals surface area contributed by atoms with Gasteiger partial charge in [0.2, 0.25) is 10.6 Å². The summed E-state index contributed by atoms with van der Waals surface area (Å²) in [6, 6.07) is 4.59. The van der Waals surface area contributed by atoms with Crippen molar-refractivity contribution in [1.29, 1.82) is 0 Å². The van der Waals surface area contributed by atoms with Crippen LogP contribution in [0.1, 0.15) is 79.6 Å². The Labute approximate surface area is 225 Å². The predicted octanol–water partition coefficient (Wildman–Crippen LogP) is 5.59. The summed E-state index contributed by atoms with van der Waals surface area (Å²) in [4.78, 5) is 30.6. The fraction of sp³-hybridized carbons (Fsp3) is 0.500. The first-order valence-corrected chi connectivity index (χ1v) is 13.5. The molecule has 2 saturated carbocycles. The fourth-order valence-electron chi connectivity index (χ4n) is 5.65. The van der Waals surface area contributed by atoms with Gasteiger partial charge in [-0.2, -0.15) is 9.97 Å². The van der Waals surface area contributed by atoms with Crippen molar-refractivity contribution in [2.75, 3.05) is 14.1 Å². The van der Waals surface area contributed by atoms with Gasteiger partial charge in [-0.1, -0.05) is 25.7 Å². The van der Waals surface area contributed by atoms with E-state index in [1.165, 1.54) is 25.7 Å². The number of nitrogens with zero attached hydrogens (tertiary/aromatic N) is 7. The zero-order valence-electron chi connectivity index (χ0n) is 21.1. The highest BCUT2D eigenvalue weighted by Crippen LogP contribution is 2.35. The smallest absolute Gasteiger partial charge is 0.270 e. The molecule has 0 unspecified atom stereocenters. The molecule has 0 aliphatic heterocycles. The predicted molar refractivity (Wildman–Crippen MR) is 144 cm³/mol. The van der Waals surface area contributed by atoms with E-state index >= 15 is 0 Å². The van der Waals surface area contributed by atoms with Gasteiger partial charge in [-0.05, 0) is 61.0 Å². The molecular weight excluding hydrogens is 513 g/mol. The minimum atomic E-state index is -0.00831. The van der Waals surface area contributed by atoms with E-state index < -0.39 is 0 Å². The monoisotopic (exact) mass is 543 g/mol. The number of hydrogen-bond acceptors (Lipinski definition) is 6. The molecular formula is C26H31Cl2N7O2. The van der Waals surface area contributed by atoms with Crippen LogP contribution in [-0.2, 0) is 6.61 Å². The molecule has 11 heteroatoms. The highest BCUT2D eigenvalue weighted by atomic mass is 35.5. The highest BCUT2D eigenvalue weighted by Gasteiger charge is 2.26. The van der Waals surface area contributed by atoms with Crippen LogP contribution in [0.2, 0.25) is 10.6 Å². The Hall–Kier alpha value is -2.75. The van der Waals surface area contributed by atoms with E-state index in [9.17, 15) is 9.90 Å². The fourth-order valence-corrected chi connectivity index (χ4v) is 5.90. The maximum Gasteiger partial charge on any atom is 0.270 e. The second-order valence-electron chi connectivity index (χ2n) is 9.98. The van der Waals surface area contributed by atoms with Crippen LogP contribution in [0.4, 0.5) is 0 Å². The molecule has 0 atom stereocenters. The van der Waals surface area contributed by atoms with Crippen molar-refractivity contribution in [3.05, 3.63) is 46.5 Å². The number of carbonyl (C=O) groups excluding carboxylic acids is 1. The Bertz CT molecular complexity index is 1420. The van der Waals surface area contributed by atoms with Gasteiger partial charge in [0.1, 0.15) is 17.0 Å². The van der Waals surface area contributed by atoms with Crippen molar-refractivity contribution in [3.8, 4) is 0 Å². The SMILES string of the molecule is CN(C)C(=O)c1cc2cnc(Cl)nc2n1C1CCCC1.OCc1cc2cnc(Cl)nc2n1C1CCCC1. The van der Waals surface area contributed by atoms with E-state index in [0.29, 0.717) is 17.8 Å². The summed E-state index contributed by atoms with van der Waals surface area (Å²) >= 11 is 11.8. The van der Waals surface area contributed by atoms with E-state index in [2.05, 4.69) is 29.1 Å². The minimum absolute atomic E-state index is 0.00831. The van der Waals surface area contributed by atoms with E-state index in [0.717, 1.165) is 53.4 Å². The number of rotatable bonds is 4. The van der Waals surface area contributed by atoms with Gasteiger partial charge in [0.15, 0.2) is 0 Å². The van der Waals surface area contributed by atoms with Gasteiger partial charge in [0.05, 0.1) is 6.61 Å². The van der Waals surface area contributed by atoms with Crippen LogP contribution in [0.3, 0.4) is 0 Å². The molecule has 9 nitrogen and oxygen atoms in total. The van der Waals surface area contributed by atoms with Crippen LogP contribution < -0.4 is 0 Å². The van der Waals surface area contributed by atoms with Gasteiger partial charge in [-0.3, -0.25) is 4.79 Å². The lowest BCUT2D eigenvalue weighted by Crippen LogP contribution is -2.25. The topological polar surface area (TPSA) is 102 Å². The van der Waals surface area contributed by atoms with Gasteiger partial charge in [0.25, 0.3) is 5.91 Å². The molecule has 0 saturated heterocycles. The van der Waals surface area contributed by atoms with E-state index in [4.69, 9.17) is 23.2 Å². The Kier molecular flexibility index (Phi) is 7.65. The third-order valence-corrected chi connectivity index (χ3v) is 7.70. The Balaban J connectivity index is 0.000000153. The zero-order chi connectivity index (χ0) is 26.1. The summed E-state index contributed by atoms with van der Waals surface area (Å²) in [5.41, 5.74) is 3.19. The third kappa shape index (κ3) is 5.17. The Morgan fingerprint density at radius 2 is 1.38 bits per heavy atom. The van der Waals surface area contributed by atoms with Crippen LogP contribution in [0.25, 0.3) is 22.1 Å². The first-order valence-electron chi connectivity index (χ1n) is 12.8. The maximum absolute atomic E-state index is 12.4. The van der Waals surface area contributed by atoms with Crippen molar-refractivity contribution < 1.29 is 9.90 Å². The minimum Gasteiger partial charge on any atom is -0.390 e. The number of fused-ring (bicyclic) bond motifs is 2. The molecule has 2 aliphatic rings. The second kappa shape index (κ2) is 10.9. The van der Waals surface area contributed by atoms with Gasteiger partial charge in [-0.25, -0.2) is 9.97 Å². The summed E-state index contributed by atoms with van der Waals surface area (Å²) < 4.78 is 4.19. The van der Waals surface area contributed by atoms with Crippen molar-refractivity contribution in [3.63, 3.8) is 0 Å². The molecule has 0 aromatic carbocycles. The normalized spacial score (nSPS) is 16.5. The van der Waals surface area contributed by atoms with E-state index in [1.807, 2.05) is 12.1 Å². The number of aliphatic hydroxyl groups excluding tert-OH is 1. The quantitative estimate of drug-likeness (QED) is 0.336. The van der Waals surface area contributed by atoms with Crippen molar-refractivity contribution >= 4 is 51.2 Å². The number of aromatic nitrogens is 6. The highest BCUT2D eigenvalue weighted by molar-refractivity contribution is 6.28. The molecule has 0 spiro atoms.